The lowest BCUT2D eigenvalue weighted by molar-refractivity contribution is 0.160. The molecule has 0 spiro atoms. The molecule has 0 aromatic carbocycles. The number of hydrogen-bond donors (Lipinski definition) is 3. The van der Waals surface area contributed by atoms with Gasteiger partial charge in [-0.15, -0.1) is 0 Å². The Hall–Kier alpha value is 0.230. The zero-order valence-corrected chi connectivity index (χ0v) is 5.97. The van der Waals surface area contributed by atoms with Crippen molar-refractivity contribution in [2.75, 3.05) is 11.5 Å². The van der Waals surface area contributed by atoms with E-state index < -0.39 is 10.6 Å². The molecule has 4 heteroatoms. The first-order valence-electron chi connectivity index (χ1n) is 3.02. The Morgan fingerprint density at radius 3 is 1.89 bits per heavy atom. The lowest BCUT2D eigenvalue weighted by Gasteiger charge is -2.37. The molecule has 1 aliphatic rings. The maximum absolute atomic E-state index is 9.02. The third-order valence-electron chi connectivity index (χ3n) is 1.56. The van der Waals surface area contributed by atoms with Gasteiger partial charge in [0.05, 0.1) is 6.10 Å². The first kappa shape index (κ1) is 7.34. The summed E-state index contributed by atoms with van der Waals surface area (Å²) in [6, 6.07) is 0. The fourth-order valence-electron chi connectivity index (χ4n) is 0.896. The molecule has 1 fully saturated rings. The van der Waals surface area contributed by atoms with Crippen molar-refractivity contribution in [2.45, 2.75) is 18.9 Å². The van der Waals surface area contributed by atoms with Gasteiger partial charge in [-0.25, -0.2) is 0 Å². The molecule has 0 radical (unpaired) electrons. The minimum Gasteiger partial charge on any atom is -0.393 e. The summed E-state index contributed by atoms with van der Waals surface area (Å²) in [7, 11) is -2.28. The highest BCUT2D eigenvalue weighted by atomic mass is 32.3. The van der Waals surface area contributed by atoms with Gasteiger partial charge in [0.15, 0.2) is 0 Å². The van der Waals surface area contributed by atoms with Crippen LogP contribution in [0, 0.1) is 0 Å². The van der Waals surface area contributed by atoms with Crippen molar-refractivity contribution in [1.82, 2.24) is 0 Å². The van der Waals surface area contributed by atoms with Crippen LogP contribution in [-0.4, -0.2) is 31.8 Å². The Balaban J connectivity index is 2.35. The van der Waals surface area contributed by atoms with Gasteiger partial charge in [0.25, 0.3) is 0 Å². The molecular formula is C5H12O3S. The monoisotopic (exact) mass is 152 g/mol. The second-order valence-corrected chi connectivity index (χ2v) is 4.86. The molecule has 0 aromatic rings. The van der Waals surface area contributed by atoms with Crippen molar-refractivity contribution < 1.29 is 14.2 Å². The molecule has 0 aliphatic carbocycles. The summed E-state index contributed by atoms with van der Waals surface area (Å²) in [5, 5.41) is 8.93. The van der Waals surface area contributed by atoms with Crippen LogP contribution in [-0.2, 0) is 0 Å². The Morgan fingerprint density at radius 2 is 1.56 bits per heavy atom. The largest absolute Gasteiger partial charge is 0.393 e. The summed E-state index contributed by atoms with van der Waals surface area (Å²) < 4.78 is 18.0. The maximum atomic E-state index is 9.02. The highest BCUT2D eigenvalue weighted by Gasteiger charge is 2.21. The molecule has 1 saturated heterocycles. The highest BCUT2D eigenvalue weighted by Crippen LogP contribution is 2.43. The minimum absolute atomic E-state index is 0.301. The fraction of sp³-hybridized carbons (Fsp3) is 1.00. The van der Waals surface area contributed by atoms with Gasteiger partial charge in [0.2, 0.25) is 0 Å². The second-order valence-electron chi connectivity index (χ2n) is 2.44. The zero-order valence-electron chi connectivity index (χ0n) is 5.16. The summed E-state index contributed by atoms with van der Waals surface area (Å²) in [6.45, 7) is 0. The molecule has 3 N–H and O–H groups in total. The van der Waals surface area contributed by atoms with Crippen LogP contribution in [0.15, 0.2) is 0 Å². The average molecular weight is 152 g/mol. The second kappa shape index (κ2) is 2.46. The fourth-order valence-corrected chi connectivity index (χ4v) is 2.40. The van der Waals surface area contributed by atoms with Crippen LogP contribution in [0.2, 0.25) is 0 Å². The van der Waals surface area contributed by atoms with Crippen molar-refractivity contribution in [3.8, 4) is 0 Å². The smallest absolute Gasteiger partial charge is 0.0570 e. The van der Waals surface area contributed by atoms with Gasteiger partial charge in [0.1, 0.15) is 0 Å². The molecule has 3 nitrogen and oxygen atoms in total. The summed E-state index contributed by atoms with van der Waals surface area (Å²) in [4.78, 5) is 0. The lowest BCUT2D eigenvalue weighted by atomic mass is 10.2. The predicted octanol–water partition coefficient (Wildman–Crippen LogP) is 0.892. The highest BCUT2D eigenvalue weighted by molar-refractivity contribution is 8.24. The third-order valence-corrected chi connectivity index (χ3v) is 3.34. The van der Waals surface area contributed by atoms with Crippen molar-refractivity contribution >= 4 is 10.6 Å². The molecule has 0 atom stereocenters. The van der Waals surface area contributed by atoms with E-state index in [2.05, 4.69) is 0 Å². The predicted molar refractivity (Wildman–Crippen MR) is 37.8 cm³/mol. The van der Waals surface area contributed by atoms with E-state index in [1.807, 2.05) is 0 Å². The number of aliphatic hydroxyl groups is 1. The van der Waals surface area contributed by atoms with Crippen molar-refractivity contribution in [1.29, 1.82) is 0 Å². The van der Waals surface area contributed by atoms with Crippen LogP contribution < -0.4 is 0 Å². The molecule has 0 aromatic heterocycles. The molecule has 0 unspecified atom stereocenters. The number of hydrogen-bond acceptors (Lipinski definition) is 3. The van der Waals surface area contributed by atoms with Crippen LogP contribution in [0.4, 0.5) is 0 Å². The summed E-state index contributed by atoms with van der Waals surface area (Å²) in [5.74, 6) is 0.766. The van der Waals surface area contributed by atoms with Gasteiger partial charge in [-0.2, -0.15) is 10.6 Å². The molecule has 0 saturated carbocycles. The Bertz CT molecular complexity index is 94.4. The molecule has 1 heterocycles. The quantitative estimate of drug-likeness (QED) is 0.483. The molecular weight excluding hydrogens is 140 g/mol. The van der Waals surface area contributed by atoms with Crippen molar-refractivity contribution in [2.24, 2.45) is 0 Å². The standard InChI is InChI=1S/C5H12O3S/c6-5-1-3-9(7,8)4-2-5/h5-8H,1-4H2. The Kier molecular flexibility index (Phi) is 2.00. The van der Waals surface area contributed by atoms with E-state index in [9.17, 15) is 0 Å². The number of aliphatic hydroxyl groups excluding tert-OH is 1. The molecule has 56 valence electrons. The van der Waals surface area contributed by atoms with Gasteiger partial charge in [0, 0.05) is 11.5 Å². The van der Waals surface area contributed by atoms with Gasteiger partial charge < -0.3 is 5.11 Å². The van der Waals surface area contributed by atoms with Gasteiger partial charge in [-0.1, -0.05) is 0 Å². The van der Waals surface area contributed by atoms with E-state index in [-0.39, 0.29) is 6.10 Å². The van der Waals surface area contributed by atoms with Gasteiger partial charge in [-0.05, 0) is 12.8 Å². The molecule has 0 amide bonds. The molecule has 0 bridgehead atoms. The van der Waals surface area contributed by atoms with Crippen molar-refractivity contribution in [3.05, 3.63) is 0 Å². The molecule has 9 heavy (non-hydrogen) atoms. The SMILES string of the molecule is OC1CCS(O)(O)CC1. The van der Waals surface area contributed by atoms with Crippen LogP contribution in [0.5, 0.6) is 0 Å². The minimum atomic E-state index is -2.28. The first-order valence-corrected chi connectivity index (χ1v) is 4.90. The van der Waals surface area contributed by atoms with E-state index in [0.717, 1.165) is 0 Å². The van der Waals surface area contributed by atoms with E-state index in [0.29, 0.717) is 24.3 Å². The topological polar surface area (TPSA) is 60.7 Å². The summed E-state index contributed by atoms with van der Waals surface area (Å²) in [6.07, 6.45) is 0.787. The van der Waals surface area contributed by atoms with Gasteiger partial charge in [-0.3, -0.25) is 9.11 Å². The first-order chi connectivity index (χ1) is 4.10. The normalized spacial score (nSPS) is 31.9. The third kappa shape index (κ3) is 2.14. The average Bonchev–Trinajstić information content (AvgIpc) is 1.78. The summed E-state index contributed by atoms with van der Waals surface area (Å²) >= 11 is 0. The van der Waals surface area contributed by atoms with Crippen molar-refractivity contribution in [3.63, 3.8) is 0 Å². The number of rotatable bonds is 0. The maximum Gasteiger partial charge on any atom is 0.0570 e. The van der Waals surface area contributed by atoms with Crippen LogP contribution in [0.25, 0.3) is 0 Å². The lowest BCUT2D eigenvalue weighted by Crippen LogP contribution is -2.23. The summed E-state index contributed by atoms with van der Waals surface area (Å²) in [5.41, 5.74) is 0. The Labute approximate surface area is 56.1 Å². The van der Waals surface area contributed by atoms with E-state index in [1.54, 1.807) is 0 Å². The zero-order chi connectivity index (χ0) is 6.91. The van der Waals surface area contributed by atoms with Crippen LogP contribution in [0.1, 0.15) is 12.8 Å². The van der Waals surface area contributed by atoms with Crippen LogP contribution in [0.3, 0.4) is 0 Å². The van der Waals surface area contributed by atoms with Gasteiger partial charge >= 0.3 is 0 Å². The molecule has 1 rings (SSSR count). The van der Waals surface area contributed by atoms with E-state index >= 15 is 0 Å². The van der Waals surface area contributed by atoms with Crippen LogP contribution >= 0.6 is 10.6 Å². The Morgan fingerprint density at radius 1 is 1.11 bits per heavy atom. The van der Waals surface area contributed by atoms with E-state index in [4.69, 9.17) is 14.2 Å². The van der Waals surface area contributed by atoms with E-state index in [1.165, 1.54) is 0 Å². The molecule has 1 aliphatic heterocycles.